The van der Waals surface area contributed by atoms with Crippen molar-refractivity contribution in [1.29, 1.82) is 0 Å². The maximum Gasteiger partial charge on any atom is 0.248 e. The van der Waals surface area contributed by atoms with E-state index in [2.05, 4.69) is 19.2 Å². The quantitative estimate of drug-likeness (QED) is 0.676. The summed E-state index contributed by atoms with van der Waals surface area (Å²) in [4.78, 5) is 21.3. The first-order chi connectivity index (χ1) is 9.02. The van der Waals surface area contributed by atoms with Crippen LogP contribution in [0, 0.1) is 0 Å². The third kappa shape index (κ3) is 7.94. The molecular weight excluding hydrogens is 242 g/mol. The third-order valence-corrected chi connectivity index (χ3v) is 2.29. The highest BCUT2D eigenvalue weighted by Crippen LogP contribution is 2.03. The molecule has 0 aliphatic carbocycles. The van der Waals surface area contributed by atoms with E-state index in [4.69, 9.17) is 11.5 Å². The number of primary amides is 2. The van der Waals surface area contributed by atoms with Gasteiger partial charge in [-0.05, 0) is 44.1 Å². The summed E-state index contributed by atoms with van der Waals surface area (Å²) < 4.78 is 0. The Kier molecular flexibility index (Phi) is 9.08. The van der Waals surface area contributed by atoms with E-state index in [0.717, 1.165) is 0 Å². The van der Waals surface area contributed by atoms with Gasteiger partial charge in [0, 0.05) is 11.1 Å². The van der Waals surface area contributed by atoms with E-state index < -0.39 is 11.8 Å². The summed E-state index contributed by atoms with van der Waals surface area (Å²) in [5.41, 5.74) is 10.6. The van der Waals surface area contributed by atoms with Crippen LogP contribution < -0.4 is 16.8 Å². The highest BCUT2D eigenvalue weighted by atomic mass is 16.1. The molecule has 5 N–H and O–H groups in total. The van der Waals surface area contributed by atoms with Crippen molar-refractivity contribution >= 4 is 11.8 Å². The monoisotopic (exact) mass is 265 g/mol. The molecule has 0 bridgehead atoms. The average Bonchev–Trinajstić information content (AvgIpc) is 2.40. The van der Waals surface area contributed by atoms with Gasteiger partial charge < -0.3 is 16.8 Å². The highest BCUT2D eigenvalue weighted by Gasteiger charge is 2.03. The van der Waals surface area contributed by atoms with Crippen LogP contribution in [0.1, 0.15) is 47.4 Å². The van der Waals surface area contributed by atoms with Crippen LogP contribution >= 0.6 is 0 Å². The fourth-order valence-electron chi connectivity index (χ4n) is 1.30. The van der Waals surface area contributed by atoms with Gasteiger partial charge in [0.1, 0.15) is 0 Å². The number of rotatable bonds is 6. The molecular formula is C14H23N3O2. The van der Waals surface area contributed by atoms with Gasteiger partial charge in [0.25, 0.3) is 0 Å². The van der Waals surface area contributed by atoms with Crippen molar-refractivity contribution in [1.82, 2.24) is 5.32 Å². The summed E-state index contributed by atoms with van der Waals surface area (Å²) in [7, 11) is 0. The van der Waals surface area contributed by atoms with Crippen LogP contribution in [-0.2, 0) is 0 Å². The molecule has 0 radical (unpaired) electrons. The van der Waals surface area contributed by atoms with E-state index in [-0.39, 0.29) is 11.1 Å². The van der Waals surface area contributed by atoms with Crippen molar-refractivity contribution in [2.45, 2.75) is 26.7 Å². The first-order valence-electron chi connectivity index (χ1n) is 6.43. The van der Waals surface area contributed by atoms with E-state index in [1.807, 2.05) is 0 Å². The van der Waals surface area contributed by atoms with E-state index in [0.29, 0.717) is 0 Å². The molecule has 0 heterocycles. The smallest absolute Gasteiger partial charge is 0.248 e. The number of nitrogens with two attached hydrogens (primary N) is 2. The summed E-state index contributed by atoms with van der Waals surface area (Å²) in [5.74, 6) is -1.14. The second-order valence-corrected chi connectivity index (χ2v) is 4.06. The predicted molar refractivity (Wildman–Crippen MR) is 76.9 cm³/mol. The third-order valence-electron chi connectivity index (χ3n) is 2.29. The summed E-state index contributed by atoms with van der Waals surface area (Å²) in [5, 5.41) is 3.28. The van der Waals surface area contributed by atoms with Crippen molar-refractivity contribution in [2.75, 3.05) is 13.1 Å². The standard InChI is InChI=1S/C8H8N2O2.C6H15N/c9-7(11)5-2-1-3-6(4-5)8(10)12;1-3-5-7-6-4-2/h1-4H,(H2,9,11)(H2,10,12);7H,3-6H2,1-2H3. The fourth-order valence-corrected chi connectivity index (χ4v) is 1.30. The van der Waals surface area contributed by atoms with Crippen LogP contribution in [0.4, 0.5) is 0 Å². The lowest BCUT2D eigenvalue weighted by Gasteiger charge is -1.97. The molecule has 2 amide bonds. The zero-order valence-corrected chi connectivity index (χ0v) is 11.6. The minimum atomic E-state index is -0.571. The zero-order valence-electron chi connectivity index (χ0n) is 11.6. The molecule has 0 spiro atoms. The van der Waals surface area contributed by atoms with Crippen molar-refractivity contribution in [3.63, 3.8) is 0 Å². The Morgan fingerprint density at radius 2 is 1.42 bits per heavy atom. The number of hydrogen-bond donors (Lipinski definition) is 3. The van der Waals surface area contributed by atoms with Crippen LogP contribution in [-0.4, -0.2) is 24.9 Å². The summed E-state index contributed by atoms with van der Waals surface area (Å²) in [6.07, 6.45) is 2.50. The average molecular weight is 265 g/mol. The van der Waals surface area contributed by atoms with Crippen molar-refractivity contribution in [2.24, 2.45) is 11.5 Å². The highest BCUT2D eigenvalue weighted by molar-refractivity contribution is 5.98. The summed E-state index contributed by atoms with van der Waals surface area (Å²) >= 11 is 0. The largest absolute Gasteiger partial charge is 0.366 e. The maximum atomic E-state index is 10.6. The molecule has 0 saturated heterocycles. The van der Waals surface area contributed by atoms with Crippen molar-refractivity contribution in [3.05, 3.63) is 35.4 Å². The summed E-state index contributed by atoms with van der Waals surface area (Å²) in [6, 6.07) is 5.97. The molecule has 0 fully saturated rings. The zero-order chi connectivity index (χ0) is 14.7. The minimum absolute atomic E-state index is 0.284. The molecule has 0 aliphatic heterocycles. The van der Waals surface area contributed by atoms with E-state index in [1.54, 1.807) is 6.07 Å². The van der Waals surface area contributed by atoms with E-state index in [1.165, 1.54) is 44.1 Å². The van der Waals surface area contributed by atoms with Gasteiger partial charge in [-0.15, -0.1) is 0 Å². The second kappa shape index (κ2) is 10.1. The Balaban J connectivity index is 0.000000399. The molecule has 1 aromatic carbocycles. The number of benzene rings is 1. The topological polar surface area (TPSA) is 98.2 Å². The Morgan fingerprint density at radius 1 is 1.00 bits per heavy atom. The fraction of sp³-hybridized carbons (Fsp3) is 0.429. The van der Waals surface area contributed by atoms with Crippen LogP contribution in [0.25, 0.3) is 0 Å². The van der Waals surface area contributed by atoms with Gasteiger partial charge in [-0.3, -0.25) is 9.59 Å². The van der Waals surface area contributed by atoms with Gasteiger partial charge in [-0.2, -0.15) is 0 Å². The van der Waals surface area contributed by atoms with Gasteiger partial charge in [0.15, 0.2) is 0 Å². The van der Waals surface area contributed by atoms with Gasteiger partial charge in [-0.25, -0.2) is 0 Å². The number of carbonyl (C=O) groups excluding carboxylic acids is 2. The van der Waals surface area contributed by atoms with Crippen LogP contribution in [0.15, 0.2) is 24.3 Å². The number of amides is 2. The molecule has 19 heavy (non-hydrogen) atoms. The Bertz CT molecular complexity index is 372. The molecule has 5 nitrogen and oxygen atoms in total. The molecule has 1 aromatic rings. The molecule has 1 rings (SSSR count). The van der Waals surface area contributed by atoms with Crippen LogP contribution in [0.3, 0.4) is 0 Å². The van der Waals surface area contributed by atoms with Crippen molar-refractivity contribution < 1.29 is 9.59 Å². The Labute approximate surface area is 114 Å². The lowest BCUT2D eigenvalue weighted by Crippen LogP contribution is -2.14. The normalized spacial score (nSPS) is 9.37. The van der Waals surface area contributed by atoms with Gasteiger partial charge in [0.2, 0.25) is 11.8 Å². The molecule has 0 unspecified atom stereocenters. The predicted octanol–water partition coefficient (Wildman–Crippen LogP) is 1.28. The lowest BCUT2D eigenvalue weighted by molar-refractivity contribution is 0.0999. The second-order valence-electron chi connectivity index (χ2n) is 4.06. The van der Waals surface area contributed by atoms with Crippen LogP contribution in [0.2, 0.25) is 0 Å². The summed E-state index contributed by atoms with van der Waals surface area (Å²) in [6.45, 7) is 6.72. The molecule has 0 aromatic heterocycles. The van der Waals surface area contributed by atoms with Gasteiger partial charge in [-0.1, -0.05) is 19.9 Å². The van der Waals surface area contributed by atoms with E-state index in [9.17, 15) is 9.59 Å². The van der Waals surface area contributed by atoms with Crippen LogP contribution in [0.5, 0.6) is 0 Å². The molecule has 106 valence electrons. The van der Waals surface area contributed by atoms with Crippen molar-refractivity contribution in [3.8, 4) is 0 Å². The molecule has 0 aliphatic rings. The lowest BCUT2D eigenvalue weighted by atomic mass is 10.1. The molecule has 0 saturated carbocycles. The van der Waals surface area contributed by atoms with Gasteiger partial charge >= 0.3 is 0 Å². The van der Waals surface area contributed by atoms with E-state index >= 15 is 0 Å². The Morgan fingerprint density at radius 3 is 1.74 bits per heavy atom. The first kappa shape index (κ1) is 17.1. The number of carbonyl (C=O) groups is 2. The Hall–Kier alpha value is -1.88. The first-order valence-corrected chi connectivity index (χ1v) is 6.43. The maximum absolute atomic E-state index is 10.6. The minimum Gasteiger partial charge on any atom is -0.366 e. The molecule has 0 atom stereocenters. The van der Waals surface area contributed by atoms with Gasteiger partial charge in [0.05, 0.1) is 0 Å². The SMILES string of the molecule is CCCNCCC.NC(=O)c1cccc(C(N)=O)c1. The molecule has 5 heteroatoms. The number of nitrogens with one attached hydrogen (secondary N) is 1. The number of hydrogen-bond acceptors (Lipinski definition) is 3.